The maximum absolute atomic E-state index is 13.2. The lowest BCUT2D eigenvalue weighted by Crippen LogP contribution is -2.52. The van der Waals surface area contributed by atoms with E-state index in [1.54, 1.807) is 6.20 Å². The number of anilines is 4. The molecule has 3 aromatic heterocycles. The van der Waals surface area contributed by atoms with Crippen molar-refractivity contribution in [1.29, 1.82) is 0 Å². The molecular weight excluding hydrogens is 560 g/mol. The van der Waals surface area contributed by atoms with E-state index in [1.807, 2.05) is 73.5 Å². The van der Waals surface area contributed by atoms with Gasteiger partial charge in [0.05, 0.1) is 32.6 Å². The van der Waals surface area contributed by atoms with Crippen LogP contribution in [-0.4, -0.2) is 97.4 Å². The van der Waals surface area contributed by atoms with Crippen LogP contribution in [0.25, 0.3) is 11.0 Å². The second-order valence-corrected chi connectivity index (χ2v) is 13.7. The molecule has 0 aliphatic carbocycles. The number of carbonyl (C=O) groups is 1. The number of amides is 1. The molecule has 0 spiro atoms. The van der Waals surface area contributed by atoms with Gasteiger partial charge in [-0.2, -0.15) is 0 Å². The summed E-state index contributed by atoms with van der Waals surface area (Å²) in [6, 6.07) is 15.8. The molecule has 1 amide bonds. The van der Waals surface area contributed by atoms with E-state index in [0.29, 0.717) is 28.9 Å². The number of aromatic nitrogens is 3. The lowest BCUT2D eigenvalue weighted by molar-refractivity contribution is 0.0518. The number of aromatic amines is 1. The number of para-hydroxylation sites is 1. The Hall–Kier alpha value is -3.80. The van der Waals surface area contributed by atoms with Crippen molar-refractivity contribution in [2.24, 2.45) is 0 Å². The summed E-state index contributed by atoms with van der Waals surface area (Å²) in [6.45, 7) is 9.92. The summed E-state index contributed by atoms with van der Waals surface area (Å²) in [5.41, 5.74) is 2.92. The number of pyridine rings is 2. The fourth-order valence-corrected chi connectivity index (χ4v) is 6.94. The van der Waals surface area contributed by atoms with Crippen molar-refractivity contribution >= 4 is 50.8 Å². The Kier molecular flexibility index (Phi) is 8.73. The van der Waals surface area contributed by atoms with Gasteiger partial charge in [0.1, 0.15) is 17.3 Å². The molecule has 11 heteroatoms. The minimum atomic E-state index is -1.14. The largest absolute Gasteiger partial charge is 0.354 e. The van der Waals surface area contributed by atoms with Gasteiger partial charge >= 0.3 is 0 Å². The molecule has 1 aromatic carbocycles. The Balaban J connectivity index is 1.12. The minimum absolute atomic E-state index is 0.000248. The molecule has 0 bridgehead atoms. The van der Waals surface area contributed by atoms with Crippen molar-refractivity contribution in [1.82, 2.24) is 29.7 Å². The van der Waals surface area contributed by atoms with E-state index in [1.165, 1.54) is 0 Å². The number of H-pyrrole nitrogens is 1. The van der Waals surface area contributed by atoms with Crippen molar-refractivity contribution in [2.75, 3.05) is 56.9 Å². The highest BCUT2D eigenvalue weighted by Gasteiger charge is 2.29. The molecule has 5 heterocycles. The quantitative estimate of drug-likeness (QED) is 0.264. The maximum Gasteiger partial charge on any atom is 0.255 e. The highest BCUT2D eigenvalue weighted by atomic mass is 32.2. The van der Waals surface area contributed by atoms with Gasteiger partial charge in [-0.05, 0) is 50.2 Å². The zero-order valence-corrected chi connectivity index (χ0v) is 25.9. The Labute approximate surface area is 255 Å². The van der Waals surface area contributed by atoms with Crippen LogP contribution in [0.3, 0.4) is 0 Å². The normalized spacial score (nSPS) is 17.8. The van der Waals surface area contributed by atoms with E-state index in [-0.39, 0.29) is 11.2 Å². The number of hydrogen-bond acceptors (Lipinski definition) is 8. The first-order valence-electron chi connectivity index (χ1n) is 15.1. The highest BCUT2D eigenvalue weighted by Crippen LogP contribution is 2.32. The Morgan fingerprint density at radius 2 is 1.72 bits per heavy atom. The van der Waals surface area contributed by atoms with Gasteiger partial charge in [-0.1, -0.05) is 26.0 Å². The van der Waals surface area contributed by atoms with E-state index in [4.69, 9.17) is 4.98 Å². The number of piperidine rings is 1. The molecule has 0 saturated carbocycles. The number of hydrogen-bond donors (Lipinski definition) is 3. The highest BCUT2D eigenvalue weighted by molar-refractivity contribution is 7.85. The van der Waals surface area contributed by atoms with Crippen molar-refractivity contribution in [3.8, 4) is 0 Å². The number of likely N-dealkylation sites (tertiary alicyclic amines) is 1. The summed E-state index contributed by atoms with van der Waals surface area (Å²) >= 11 is 0. The standard InChI is InChI=1S/C32H40N8O2S/c1-22(2)43(42)28-7-5-4-6-26(28)35-27-20-30(37-31-25(27)10-13-33-31)36-29-9-8-23(21-34-29)32(41)40-14-11-24(12-15-40)39-18-16-38(3)17-19-39/h4-10,13,20-22,24H,11-12,14-19H2,1-3H3,(H3,33,34,35,36,37). The summed E-state index contributed by atoms with van der Waals surface area (Å²) in [6.07, 6.45) is 5.52. The summed E-state index contributed by atoms with van der Waals surface area (Å²) < 4.78 is 12.9. The molecule has 43 heavy (non-hydrogen) atoms. The van der Waals surface area contributed by atoms with Crippen molar-refractivity contribution in [2.45, 2.75) is 42.9 Å². The van der Waals surface area contributed by atoms with Gasteiger partial charge in [0, 0.05) is 74.4 Å². The van der Waals surface area contributed by atoms with Gasteiger partial charge in [0.2, 0.25) is 0 Å². The summed E-state index contributed by atoms with van der Waals surface area (Å²) in [4.78, 5) is 33.4. The number of benzene rings is 1. The van der Waals surface area contributed by atoms with Crippen LogP contribution in [-0.2, 0) is 10.8 Å². The Morgan fingerprint density at radius 1 is 0.953 bits per heavy atom. The van der Waals surface area contributed by atoms with Crippen molar-refractivity contribution < 1.29 is 9.00 Å². The van der Waals surface area contributed by atoms with Gasteiger partial charge in [-0.25, -0.2) is 9.97 Å². The number of piperazine rings is 1. The second-order valence-electron chi connectivity index (χ2n) is 11.7. The number of nitrogens with one attached hydrogen (secondary N) is 3. The molecule has 3 N–H and O–H groups in total. The van der Waals surface area contributed by atoms with Crippen molar-refractivity contribution in [3.63, 3.8) is 0 Å². The zero-order chi connectivity index (χ0) is 29.9. The molecule has 2 saturated heterocycles. The van der Waals surface area contributed by atoms with Gasteiger partial charge < -0.3 is 25.4 Å². The first-order chi connectivity index (χ1) is 20.9. The third-order valence-corrected chi connectivity index (χ3v) is 10.0. The number of fused-ring (bicyclic) bond motifs is 1. The second kappa shape index (κ2) is 12.8. The third-order valence-electron chi connectivity index (χ3n) is 8.40. The molecule has 1 atom stereocenters. The summed E-state index contributed by atoms with van der Waals surface area (Å²) in [7, 11) is 1.04. The van der Waals surface area contributed by atoms with E-state index >= 15 is 0 Å². The average Bonchev–Trinajstić information content (AvgIpc) is 3.51. The topological polar surface area (TPSA) is 109 Å². The average molecular weight is 601 g/mol. The van der Waals surface area contributed by atoms with E-state index < -0.39 is 10.8 Å². The summed E-state index contributed by atoms with van der Waals surface area (Å²) in [5.74, 6) is 1.22. The van der Waals surface area contributed by atoms with Crippen LogP contribution in [0.4, 0.5) is 23.0 Å². The molecule has 226 valence electrons. The first-order valence-corrected chi connectivity index (χ1v) is 16.3. The number of rotatable bonds is 8. The van der Waals surface area contributed by atoms with Crippen LogP contribution in [0.1, 0.15) is 37.0 Å². The number of carbonyl (C=O) groups excluding carboxylic acids is 1. The van der Waals surface area contributed by atoms with Gasteiger partial charge in [0.15, 0.2) is 0 Å². The Bertz CT molecular complexity index is 1590. The van der Waals surface area contributed by atoms with Crippen LogP contribution < -0.4 is 10.6 Å². The zero-order valence-electron chi connectivity index (χ0n) is 25.0. The Morgan fingerprint density at radius 3 is 2.44 bits per heavy atom. The minimum Gasteiger partial charge on any atom is -0.354 e. The number of nitrogens with zero attached hydrogens (tertiary/aromatic N) is 5. The molecule has 2 fully saturated rings. The van der Waals surface area contributed by atoms with Crippen molar-refractivity contribution in [3.05, 3.63) is 66.5 Å². The monoisotopic (exact) mass is 600 g/mol. The number of likely N-dealkylation sites (N-methyl/N-ethyl adjacent to an activating group) is 1. The fraction of sp³-hybridized carbons (Fsp3) is 0.406. The molecule has 6 rings (SSSR count). The van der Waals surface area contributed by atoms with Crippen LogP contribution in [0.5, 0.6) is 0 Å². The lowest BCUT2D eigenvalue weighted by atomic mass is 10.0. The molecule has 2 aliphatic heterocycles. The van der Waals surface area contributed by atoms with Crippen LogP contribution in [0.2, 0.25) is 0 Å². The van der Waals surface area contributed by atoms with E-state index in [2.05, 4.69) is 37.4 Å². The molecule has 10 nitrogen and oxygen atoms in total. The molecule has 2 aliphatic rings. The van der Waals surface area contributed by atoms with Crippen LogP contribution >= 0.6 is 0 Å². The predicted octanol–water partition coefficient (Wildman–Crippen LogP) is 4.81. The van der Waals surface area contributed by atoms with Crippen LogP contribution in [0, 0.1) is 0 Å². The molecule has 0 radical (unpaired) electrons. The van der Waals surface area contributed by atoms with Gasteiger partial charge in [-0.3, -0.25) is 13.9 Å². The molecule has 1 unspecified atom stereocenters. The van der Waals surface area contributed by atoms with Gasteiger partial charge in [-0.15, -0.1) is 0 Å². The van der Waals surface area contributed by atoms with Gasteiger partial charge in [0.25, 0.3) is 5.91 Å². The fourth-order valence-electron chi connectivity index (χ4n) is 5.88. The maximum atomic E-state index is 13.2. The predicted molar refractivity (Wildman–Crippen MR) is 173 cm³/mol. The molecule has 4 aromatic rings. The van der Waals surface area contributed by atoms with Crippen LogP contribution in [0.15, 0.2) is 65.8 Å². The summed E-state index contributed by atoms with van der Waals surface area (Å²) in [5, 5.41) is 7.68. The molecular formula is C32H40N8O2S. The third kappa shape index (κ3) is 6.58. The van der Waals surface area contributed by atoms with E-state index in [9.17, 15) is 9.00 Å². The first kappa shape index (κ1) is 29.3. The van der Waals surface area contributed by atoms with E-state index in [0.717, 1.165) is 73.8 Å². The SMILES string of the molecule is CC(C)S(=O)c1ccccc1Nc1cc(Nc2ccc(C(=O)N3CCC(N4CCN(C)CC4)CC3)cn2)nc2[nH]ccc12. The lowest BCUT2D eigenvalue weighted by Gasteiger charge is -2.42. The smallest absolute Gasteiger partial charge is 0.255 e.